The van der Waals surface area contributed by atoms with E-state index >= 15 is 0 Å². The highest BCUT2D eigenvalue weighted by Crippen LogP contribution is 2.26. The molecule has 18 heavy (non-hydrogen) atoms. The first-order valence-corrected chi connectivity index (χ1v) is 6.18. The Balaban J connectivity index is 2.28. The van der Waals surface area contributed by atoms with Crippen LogP contribution in [0.2, 0.25) is 0 Å². The van der Waals surface area contributed by atoms with Crippen LogP contribution in [0, 0.1) is 0 Å². The third-order valence-corrected chi connectivity index (χ3v) is 3.40. The normalized spacial score (nSPS) is 21.1. The Labute approximate surface area is 107 Å². The van der Waals surface area contributed by atoms with E-state index in [1.807, 2.05) is 30.3 Å². The molecule has 0 aromatic heterocycles. The lowest BCUT2D eigenvalue weighted by Crippen LogP contribution is -2.40. The number of hydrogen-bond acceptors (Lipinski definition) is 3. The summed E-state index contributed by atoms with van der Waals surface area (Å²) < 4.78 is 0. The van der Waals surface area contributed by atoms with Gasteiger partial charge in [0.2, 0.25) is 5.91 Å². The van der Waals surface area contributed by atoms with Crippen LogP contribution in [-0.4, -0.2) is 36.2 Å². The highest BCUT2D eigenvalue weighted by molar-refractivity contribution is 5.91. The van der Waals surface area contributed by atoms with Crippen molar-refractivity contribution in [3.63, 3.8) is 0 Å². The van der Waals surface area contributed by atoms with Crippen LogP contribution in [-0.2, 0) is 9.59 Å². The van der Waals surface area contributed by atoms with Crippen molar-refractivity contribution in [3.05, 3.63) is 35.9 Å². The first-order chi connectivity index (χ1) is 8.65. The largest absolute Gasteiger partial charge is 0.327 e. The molecule has 1 N–H and O–H groups in total. The molecule has 0 spiro atoms. The maximum atomic E-state index is 12.2. The average Bonchev–Trinajstić information content (AvgIpc) is 2.72. The minimum Gasteiger partial charge on any atom is -0.327 e. The van der Waals surface area contributed by atoms with Crippen LogP contribution < -0.4 is 5.32 Å². The topological polar surface area (TPSA) is 49.4 Å². The standard InChI is InChI=1S/C14H18N2O2/c1-10(17)13(11-6-4-3-5-7-11)16-9-8-12(15-2)14(16)18/h3-7,12-13,15H,8-9H2,1-2H3. The van der Waals surface area contributed by atoms with Crippen LogP contribution in [0.5, 0.6) is 0 Å². The number of carbonyl (C=O) groups excluding carboxylic acids is 2. The predicted molar refractivity (Wildman–Crippen MR) is 69.0 cm³/mol. The summed E-state index contributed by atoms with van der Waals surface area (Å²) in [4.78, 5) is 25.7. The van der Waals surface area contributed by atoms with Crippen molar-refractivity contribution in [1.29, 1.82) is 0 Å². The maximum absolute atomic E-state index is 12.2. The van der Waals surface area contributed by atoms with Crippen LogP contribution in [0.25, 0.3) is 0 Å². The van der Waals surface area contributed by atoms with E-state index in [4.69, 9.17) is 0 Å². The van der Waals surface area contributed by atoms with Gasteiger partial charge in [0, 0.05) is 6.54 Å². The molecule has 0 aliphatic carbocycles. The minimum atomic E-state index is -0.447. The van der Waals surface area contributed by atoms with Crippen LogP contribution >= 0.6 is 0 Å². The number of rotatable bonds is 4. The molecule has 2 atom stereocenters. The van der Waals surface area contributed by atoms with Gasteiger partial charge >= 0.3 is 0 Å². The summed E-state index contributed by atoms with van der Waals surface area (Å²) in [5.41, 5.74) is 0.884. The average molecular weight is 246 g/mol. The Kier molecular flexibility index (Phi) is 3.77. The van der Waals surface area contributed by atoms with E-state index < -0.39 is 6.04 Å². The summed E-state index contributed by atoms with van der Waals surface area (Å²) in [5.74, 6) is 0.0212. The second-order valence-electron chi connectivity index (χ2n) is 4.59. The lowest BCUT2D eigenvalue weighted by molar-refractivity contribution is -0.137. The van der Waals surface area contributed by atoms with E-state index in [0.29, 0.717) is 6.54 Å². The number of benzene rings is 1. The molecule has 1 aliphatic heterocycles. The fraction of sp³-hybridized carbons (Fsp3) is 0.429. The van der Waals surface area contributed by atoms with Crippen molar-refractivity contribution in [2.75, 3.05) is 13.6 Å². The van der Waals surface area contributed by atoms with Gasteiger partial charge in [0.25, 0.3) is 0 Å². The highest BCUT2D eigenvalue weighted by Gasteiger charge is 2.37. The number of nitrogens with zero attached hydrogens (tertiary/aromatic N) is 1. The highest BCUT2D eigenvalue weighted by atomic mass is 16.2. The summed E-state index contributed by atoms with van der Waals surface area (Å²) >= 11 is 0. The molecule has 0 saturated carbocycles. The van der Waals surface area contributed by atoms with Gasteiger partial charge in [-0.3, -0.25) is 9.59 Å². The molecule has 4 nitrogen and oxygen atoms in total. The maximum Gasteiger partial charge on any atom is 0.240 e. The summed E-state index contributed by atoms with van der Waals surface area (Å²) in [6.45, 7) is 2.17. The van der Waals surface area contributed by atoms with Gasteiger partial charge in [0.15, 0.2) is 5.78 Å². The second kappa shape index (κ2) is 5.31. The number of carbonyl (C=O) groups is 2. The molecule has 4 heteroatoms. The van der Waals surface area contributed by atoms with Crippen LogP contribution in [0.1, 0.15) is 24.9 Å². The number of hydrogen-bond donors (Lipinski definition) is 1. The number of nitrogens with one attached hydrogen (secondary N) is 1. The molecular weight excluding hydrogens is 228 g/mol. The lowest BCUT2D eigenvalue weighted by atomic mass is 10.0. The Hall–Kier alpha value is -1.68. The van der Waals surface area contributed by atoms with Crippen molar-refractivity contribution in [2.24, 2.45) is 0 Å². The third-order valence-electron chi connectivity index (χ3n) is 3.40. The molecular formula is C14H18N2O2. The van der Waals surface area contributed by atoms with Gasteiger partial charge in [-0.2, -0.15) is 0 Å². The zero-order valence-corrected chi connectivity index (χ0v) is 10.7. The van der Waals surface area contributed by atoms with E-state index in [2.05, 4.69) is 5.32 Å². The molecule has 1 fully saturated rings. The molecule has 2 rings (SSSR count). The zero-order valence-electron chi connectivity index (χ0n) is 10.7. The smallest absolute Gasteiger partial charge is 0.240 e. The van der Waals surface area contributed by atoms with Crippen molar-refractivity contribution in [3.8, 4) is 0 Å². The van der Waals surface area contributed by atoms with Crippen molar-refractivity contribution in [2.45, 2.75) is 25.4 Å². The Morgan fingerprint density at radius 3 is 2.56 bits per heavy atom. The van der Waals surface area contributed by atoms with Gasteiger partial charge < -0.3 is 10.2 Å². The number of amides is 1. The van der Waals surface area contributed by atoms with Gasteiger partial charge in [-0.25, -0.2) is 0 Å². The first kappa shape index (κ1) is 12.8. The van der Waals surface area contributed by atoms with Crippen molar-refractivity contribution >= 4 is 11.7 Å². The SMILES string of the molecule is CNC1CCN(C(C(C)=O)c2ccccc2)C1=O. The third kappa shape index (κ3) is 2.29. The molecule has 96 valence electrons. The van der Waals surface area contributed by atoms with Gasteiger partial charge in [0.1, 0.15) is 6.04 Å². The van der Waals surface area contributed by atoms with E-state index in [-0.39, 0.29) is 17.7 Å². The molecule has 1 aromatic carbocycles. The second-order valence-corrected chi connectivity index (χ2v) is 4.59. The molecule has 0 radical (unpaired) electrons. The molecule has 1 saturated heterocycles. The monoisotopic (exact) mass is 246 g/mol. The molecule has 1 aromatic rings. The Morgan fingerprint density at radius 2 is 2.06 bits per heavy atom. The first-order valence-electron chi connectivity index (χ1n) is 6.18. The summed E-state index contributed by atoms with van der Waals surface area (Å²) in [6.07, 6.45) is 0.756. The van der Waals surface area contributed by atoms with E-state index in [9.17, 15) is 9.59 Å². The molecule has 1 heterocycles. The fourth-order valence-electron chi connectivity index (χ4n) is 2.50. The lowest BCUT2D eigenvalue weighted by Gasteiger charge is -2.26. The fourth-order valence-corrected chi connectivity index (χ4v) is 2.50. The van der Waals surface area contributed by atoms with Gasteiger partial charge in [-0.05, 0) is 26.0 Å². The number of Topliss-reactive ketones (excluding diaryl/α,β-unsaturated/α-hetero) is 1. The summed E-state index contributed by atoms with van der Waals surface area (Å²) in [7, 11) is 1.78. The molecule has 0 bridgehead atoms. The van der Waals surface area contributed by atoms with Crippen LogP contribution in [0.15, 0.2) is 30.3 Å². The number of likely N-dealkylation sites (N-methyl/N-ethyl adjacent to an activating group) is 1. The Morgan fingerprint density at radius 1 is 1.39 bits per heavy atom. The summed E-state index contributed by atoms with van der Waals surface area (Å²) in [6, 6.07) is 8.87. The minimum absolute atomic E-state index is 0.00584. The van der Waals surface area contributed by atoms with E-state index in [1.54, 1.807) is 11.9 Å². The van der Waals surface area contributed by atoms with Gasteiger partial charge in [-0.1, -0.05) is 30.3 Å². The molecule has 1 aliphatic rings. The van der Waals surface area contributed by atoms with Crippen molar-refractivity contribution < 1.29 is 9.59 Å². The van der Waals surface area contributed by atoms with E-state index in [1.165, 1.54) is 6.92 Å². The van der Waals surface area contributed by atoms with Gasteiger partial charge in [0.05, 0.1) is 6.04 Å². The van der Waals surface area contributed by atoms with Gasteiger partial charge in [-0.15, -0.1) is 0 Å². The Bertz CT molecular complexity index is 444. The predicted octanol–water partition coefficient (Wildman–Crippen LogP) is 1.14. The number of ketones is 1. The van der Waals surface area contributed by atoms with Crippen molar-refractivity contribution in [1.82, 2.24) is 10.2 Å². The zero-order chi connectivity index (χ0) is 13.1. The molecule has 2 unspecified atom stereocenters. The quantitative estimate of drug-likeness (QED) is 0.866. The van der Waals surface area contributed by atoms with E-state index in [0.717, 1.165) is 12.0 Å². The summed E-state index contributed by atoms with van der Waals surface area (Å²) in [5, 5.41) is 2.99. The van der Waals surface area contributed by atoms with Crippen LogP contribution in [0.4, 0.5) is 0 Å². The number of likely N-dealkylation sites (tertiary alicyclic amines) is 1. The molecule has 1 amide bonds. The van der Waals surface area contributed by atoms with Crippen LogP contribution in [0.3, 0.4) is 0 Å².